The summed E-state index contributed by atoms with van der Waals surface area (Å²) in [6.07, 6.45) is 3.32. The number of fused-ring (bicyclic) bond motifs is 3. The predicted octanol–water partition coefficient (Wildman–Crippen LogP) is 4.23. The third-order valence-electron chi connectivity index (χ3n) is 3.66. The van der Waals surface area contributed by atoms with Crippen molar-refractivity contribution in [1.82, 2.24) is 0 Å². The van der Waals surface area contributed by atoms with Crippen LogP contribution < -0.4 is 5.73 Å². The Kier molecular flexibility index (Phi) is 2.41. The first-order chi connectivity index (χ1) is 9.83. The molecule has 2 aromatic heterocycles. The minimum Gasteiger partial charge on any atom is -0.472 e. The summed E-state index contributed by atoms with van der Waals surface area (Å²) in [4.78, 5) is 0. The molecule has 3 nitrogen and oxygen atoms in total. The highest BCUT2D eigenvalue weighted by Gasteiger charge is 2.13. The zero-order chi connectivity index (χ0) is 13.5. The summed E-state index contributed by atoms with van der Waals surface area (Å²) >= 11 is 0. The van der Waals surface area contributed by atoms with Crippen LogP contribution in [0.5, 0.6) is 0 Å². The number of para-hydroxylation sites is 1. The molecule has 1 atom stereocenters. The fraction of sp³-hybridized carbons (Fsp3) is 0.0588. The van der Waals surface area contributed by atoms with Gasteiger partial charge in [0.05, 0.1) is 18.6 Å². The number of rotatable bonds is 2. The van der Waals surface area contributed by atoms with Gasteiger partial charge in [0, 0.05) is 16.3 Å². The van der Waals surface area contributed by atoms with Gasteiger partial charge in [0.2, 0.25) is 0 Å². The van der Waals surface area contributed by atoms with Crippen LogP contribution in [0.25, 0.3) is 21.9 Å². The molecular weight excluding hydrogens is 250 g/mol. The van der Waals surface area contributed by atoms with Crippen LogP contribution in [-0.4, -0.2) is 0 Å². The molecule has 4 rings (SSSR count). The normalized spacial score (nSPS) is 13.1. The van der Waals surface area contributed by atoms with Crippen LogP contribution in [0.2, 0.25) is 0 Å². The minimum atomic E-state index is -0.188. The summed E-state index contributed by atoms with van der Waals surface area (Å²) in [7, 11) is 0. The van der Waals surface area contributed by atoms with Crippen LogP contribution in [0.15, 0.2) is 69.9 Å². The van der Waals surface area contributed by atoms with E-state index >= 15 is 0 Å². The van der Waals surface area contributed by atoms with Gasteiger partial charge in [-0.15, -0.1) is 0 Å². The van der Waals surface area contributed by atoms with Gasteiger partial charge < -0.3 is 14.6 Å². The molecule has 1 unspecified atom stereocenters. The largest absolute Gasteiger partial charge is 0.472 e. The Hall–Kier alpha value is -2.52. The number of furan rings is 2. The molecule has 0 amide bonds. The van der Waals surface area contributed by atoms with Crippen LogP contribution in [0.3, 0.4) is 0 Å². The Morgan fingerprint density at radius 2 is 1.70 bits per heavy atom. The van der Waals surface area contributed by atoms with Gasteiger partial charge in [0.1, 0.15) is 11.2 Å². The molecular formula is C17H13NO2. The van der Waals surface area contributed by atoms with Crippen molar-refractivity contribution in [3.05, 3.63) is 72.2 Å². The summed E-state index contributed by atoms with van der Waals surface area (Å²) < 4.78 is 10.9. The first-order valence-corrected chi connectivity index (χ1v) is 6.52. The Morgan fingerprint density at radius 1 is 0.850 bits per heavy atom. The smallest absolute Gasteiger partial charge is 0.135 e. The van der Waals surface area contributed by atoms with E-state index in [1.54, 1.807) is 12.5 Å². The van der Waals surface area contributed by atoms with E-state index in [4.69, 9.17) is 14.6 Å². The van der Waals surface area contributed by atoms with Crippen molar-refractivity contribution in [2.45, 2.75) is 6.04 Å². The highest BCUT2D eigenvalue weighted by Crippen LogP contribution is 2.31. The Labute approximate surface area is 115 Å². The second-order valence-electron chi connectivity index (χ2n) is 4.89. The zero-order valence-electron chi connectivity index (χ0n) is 10.7. The van der Waals surface area contributed by atoms with Gasteiger partial charge >= 0.3 is 0 Å². The van der Waals surface area contributed by atoms with Crippen molar-refractivity contribution in [2.75, 3.05) is 0 Å². The average Bonchev–Trinajstić information content (AvgIpc) is 3.13. The molecule has 2 aromatic carbocycles. The van der Waals surface area contributed by atoms with Crippen molar-refractivity contribution in [3.63, 3.8) is 0 Å². The lowest BCUT2D eigenvalue weighted by atomic mass is 10.00. The number of nitrogens with two attached hydrogens (primary N) is 1. The van der Waals surface area contributed by atoms with Crippen molar-refractivity contribution in [3.8, 4) is 0 Å². The average molecular weight is 263 g/mol. The van der Waals surface area contributed by atoms with Crippen LogP contribution in [-0.2, 0) is 0 Å². The van der Waals surface area contributed by atoms with Gasteiger partial charge in [0.25, 0.3) is 0 Å². The van der Waals surface area contributed by atoms with Gasteiger partial charge in [-0.1, -0.05) is 24.3 Å². The number of benzene rings is 2. The van der Waals surface area contributed by atoms with E-state index in [9.17, 15) is 0 Å². The standard InChI is InChI=1S/C17H13NO2/c18-17(12-7-8-19-10-12)11-5-6-16-14(9-11)13-3-1-2-4-15(13)20-16/h1-10,17H,18H2. The van der Waals surface area contributed by atoms with Crippen LogP contribution in [0.1, 0.15) is 17.2 Å². The second-order valence-corrected chi connectivity index (χ2v) is 4.89. The summed E-state index contributed by atoms with van der Waals surface area (Å²) in [5, 5.41) is 2.21. The molecule has 0 saturated heterocycles. The van der Waals surface area contributed by atoms with E-state index in [2.05, 4.69) is 12.1 Å². The van der Waals surface area contributed by atoms with E-state index in [1.807, 2.05) is 36.4 Å². The fourth-order valence-electron chi connectivity index (χ4n) is 2.58. The van der Waals surface area contributed by atoms with Crippen LogP contribution in [0, 0.1) is 0 Å². The van der Waals surface area contributed by atoms with Crippen LogP contribution in [0.4, 0.5) is 0 Å². The molecule has 0 aliphatic heterocycles. The minimum absolute atomic E-state index is 0.188. The molecule has 0 spiro atoms. The Morgan fingerprint density at radius 3 is 2.55 bits per heavy atom. The molecule has 0 aliphatic rings. The molecule has 0 radical (unpaired) electrons. The highest BCUT2D eigenvalue weighted by molar-refractivity contribution is 6.05. The summed E-state index contributed by atoms with van der Waals surface area (Å²) in [6, 6.07) is 15.8. The van der Waals surface area contributed by atoms with E-state index in [-0.39, 0.29) is 6.04 Å². The molecule has 0 bridgehead atoms. The first kappa shape index (κ1) is 11.3. The third kappa shape index (κ3) is 1.64. The highest BCUT2D eigenvalue weighted by atomic mass is 16.3. The molecule has 98 valence electrons. The molecule has 0 saturated carbocycles. The first-order valence-electron chi connectivity index (χ1n) is 6.52. The van der Waals surface area contributed by atoms with Gasteiger partial charge in [-0.2, -0.15) is 0 Å². The van der Waals surface area contributed by atoms with E-state index in [1.165, 1.54) is 0 Å². The van der Waals surface area contributed by atoms with Crippen molar-refractivity contribution in [1.29, 1.82) is 0 Å². The third-order valence-corrected chi connectivity index (χ3v) is 3.66. The monoisotopic (exact) mass is 263 g/mol. The number of hydrogen-bond acceptors (Lipinski definition) is 3. The molecule has 20 heavy (non-hydrogen) atoms. The number of hydrogen-bond donors (Lipinski definition) is 1. The summed E-state index contributed by atoms with van der Waals surface area (Å²) in [5.74, 6) is 0. The topological polar surface area (TPSA) is 52.3 Å². The lowest BCUT2D eigenvalue weighted by molar-refractivity contribution is 0.562. The molecule has 2 N–H and O–H groups in total. The Balaban J connectivity index is 1.91. The fourth-order valence-corrected chi connectivity index (χ4v) is 2.58. The van der Waals surface area contributed by atoms with Crippen LogP contribution >= 0.6 is 0 Å². The second kappa shape index (κ2) is 4.25. The maximum atomic E-state index is 6.27. The zero-order valence-corrected chi connectivity index (χ0v) is 10.7. The maximum Gasteiger partial charge on any atom is 0.135 e. The molecule has 3 heteroatoms. The van der Waals surface area contributed by atoms with E-state index in [0.717, 1.165) is 33.1 Å². The van der Waals surface area contributed by atoms with Crippen molar-refractivity contribution in [2.24, 2.45) is 5.73 Å². The molecule has 2 heterocycles. The van der Waals surface area contributed by atoms with Crippen molar-refractivity contribution >= 4 is 21.9 Å². The van der Waals surface area contributed by atoms with Crippen molar-refractivity contribution < 1.29 is 8.83 Å². The van der Waals surface area contributed by atoms with E-state index in [0.29, 0.717) is 0 Å². The predicted molar refractivity (Wildman–Crippen MR) is 78.5 cm³/mol. The maximum absolute atomic E-state index is 6.27. The summed E-state index contributed by atoms with van der Waals surface area (Å²) in [6.45, 7) is 0. The lowest BCUT2D eigenvalue weighted by Gasteiger charge is -2.09. The molecule has 0 aliphatic carbocycles. The SMILES string of the molecule is NC(c1ccoc1)c1ccc2oc3ccccc3c2c1. The quantitative estimate of drug-likeness (QED) is 0.589. The Bertz CT molecular complexity index is 874. The van der Waals surface area contributed by atoms with Gasteiger partial charge in [-0.05, 0) is 29.8 Å². The van der Waals surface area contributed by atoms with Gasteiger partial charge in [-0.25, -0.2) is 0 Å². The van der Waals surface area contributed by atoms with E-state index < -0.39 is 0 Å². The molecule has 0 fully saturated rings. The van der Waals surface area contributed by atoms with Gasteiger partial charge in [0.15, 0.2) is 0 Å². The molecule has 4 aromatic rings. The van der Waals surface area contributed by atoms with Gasteiger partial charge in [-0.3, -0.25) is 0 Å². The summed E-state index contributed by atoms with van der Waals surface area (Å²) in [5.41, 5.74) is 10.1. The lowest BCUT2D eigenvalue weighted by Crippen LogP contribution is -2.10.